The van der Waals surface area contributed by atoms with Crippen molar-refractivity contribution >= 4 is 17.4 Å². The SMILES string of the molecule is O=C(NC1(CO)CCN(c2nccn3ccnc23)C1)c1ccn(-c2ccc(F)cc2)n1. The second kappa shape index (κ2) is 7.47. The highest BCUT2D eigenvalue weighted by Gasteiger charge is 2.40. The Morgan fingerprint density at radius 1 is 1.13 bits per heavy atom. The minimum Gasteiger partial charge on any atom is -0.394 e. The van der Waals surface area contributed by atoms with Crippen LogP contribution in [0.15, 0.2) is 61.3 Å². The van der Waals surface area contributed by atoms with Crippen LogP contribution in [0, 0.1) is 5.82 Å². The zero-order valence-electron chi connectivity index (χ0n) is 16.5. The number of aliphatic hydroxyl groups is 1. The lowest BCUT2D eigenvalue weighted by Crippen LogP contribution is -2.53. The van der Waals surface area contributed by atoms with E-state index in [0.29, 0.717) is 31.0 Å². The van der Waals surface area contributed by atoms with Gasteiger partial charge in [-0.15, -0.1) is 0 Å². The number of hydrogen-bond acceptors (Lipinski definition) is 6. The molecular weight excluding hydrogens is 401 g/mol. The number of benzene rings is 1. The van der Waals surface area contributed by atoms with Crippen molar-refractivity contribution in [3.05, 3.63) is 72.8 Å². The van der Waals surface area contributed by atoms with Crippen molar-refractivity contribution in [1.82, 2.24) is 29.5 Å². The number of carbonyl (C=O) groups excluding carboxylic acids is 1. The summed E-state index contributed by atoms with van der Waals surface area (Å²) < 4.78 is 16.5. The van der Waals surface area contributed by atoms with Gasteiger partial charge in [0.05, 0.1) is 17.8 Å². The number of carbonyl (C=O) groups is 1. The van der Waals surface area contributed by atoms with E-state index in [1.54, 1.807) is 36.8 Å². The van der Waals surface area contributed by atoms with Crippen molar-refractivity contribution in [2.24, 2.45) is 0 Å². The standard InChI is InChI=1S/C21H20FN7O2/c22-15-1-3-16(4-2-15)29-9-5-17(26-29)20(31)25-21(14-30)6-10-28(13-21)19-18-23-7-11-27(18)12-8-24-19/h1-5,7-9,11-12,30H,6,10,13-14H2,(H,25,31). The van der Waals surface area contributed by atoms with Gasteiger partial charge in [-0.05, 0) is 36.8 Å². The van der Waals surface area contributed by atoms with E-state index in [2.05, 4.69) is 20.4 Å². The molecule has 158 valence electrons. The van der Waals surface area contributed by atoms with E-state index in [1.807, 2.05) is 21.7 Å². The molecule has 0 spiro atoms. The second-order valence-corrected chi connectivity index (χ2v) is 7.60. The Kier molecular flexibility index (Phi) is 4.63. The van der Waals surface area contributed by atoms with Gasteiger partial charge in [-0.1, -0.05) is 0 Å². The Bertz CT molecular complexity index is 1240. The van der Waals surface area contributed by atoms with Crippen LogP contribution in [0.5, 0.6) is 0 Å². The van der Waals surface area contributed by atoms with Crippen LogP contribution in [0.25, 0.3) is 11.3 Å². The van der Waals surface area contributed by atoms with E-state index in [0.717, 1.165) is 5.65 Å². The molecule has 5 rings (SSSR count). The summed E-state index contributed by atoms with van der Waals surface area (Å²) >= 11 is 0. The first kappa shape index (κ1) is 19.2. The van der Waals surface area contributed by atoms with Crippen molar-refractivity contribution < 1.29 is 14.3 Å². The van der Waals surface area contributed by atoms with E-state index in [1.165, 1.54) is 16.8 Å². The van der Waals surface area contributed by atoms with Gasteiger partial charge in [-0.2, -0.15) is 5.10 Å². The normalized spacial score (nSPS) is 18.6. The molecule has 3 aromatic heterocycles. The Hall–Kier alpha value is -3.79. The fourth-order valence-corrected chi connectivity index (χ4v) is 3.87. The third kappa shape index (κ3) is 3.50. The van der Waals surface area contributed by atoms with Crippen LogP contribution in [-0.2, 0) is 0 Å². The minimum atomic E-state index is -0.822. The molecule has 9 nitrogen and oxygen atoms in total. The van der Waals surface area contributed by atoms with Gasteiger partial charge < -0.3 is 19.7 Å². The maximum atomic E-state index is 13.1. The van der Waals surface area contributed by atoms with Crippen molar-refractivity contribution in [3.63, 3.8) is 0 Å². The summed E-state index contributed by atoms with van der Waals surface area (Å²) in [4.78, 5) is 23.7. The fraction of sp³-hybridized carbons (Fsp3) is 0.238. The summed E-state index contributed by atoms with van der Waals surface area (Å²) in [5, 5.41) is 17.4. The molecule has 0 saturated carbocycles. The van der Waals surface area contributed by atoms with Crippen LogP contribution in [0.4, 0.5) is 10.2 Å². The molecule has 1 aliphatic rings. The third-order valence-electron chi connectivity index (χ3n) is 5.54. The van der Waals surface area contributed by atoms with Gasteiger partial charge in [0.2, 0.25) is 0 Å². The molecule has 0 bridgehead atoms. The maximum absolute atomic E-state index is 13.1. The molecule has 1 aromatic carbocycles. The average Bonchev–Trinajstić information content (AvgIpc) is 3.53. The van der Waals surface area contributed by atoms with Gasteiger partial charge in [0.15, 0.2) is 17.2 Å². The summed E-state index contributed by atoms with van der Waals surface area (Å²) in [6.07, 6.45) is 9.25. The molecule has 4 aromatic rings. The lowest BCUT2D eigenvalue weighted by atomic mass is 9.99. The number of hydrogen-bond donors (Lipinski definition) is 2. The van der Waals surface area contributed by atoms with Gasteiger partial charge >= 0.3 is 0 Å². The highest BCUT2D eigenvalue weighted by molar-refractivity contribution is 5.93. The monoisotopic (exact) mass is 421 g/mol. The quantitative estimate of drug-likeness (QED) is 0.506. The first-order valence-corrected chi connectivity index (χ1v) is 9.85. The molecule has 4 heterocycles. The van der Waals surface area contributed by atoms with Crippen LogP contribution in [0.3, 0.4) is 0 Å². The zero-order valence-corrected chi connectivity index (χ0v) is 16.5. The molecule has 2 N–H and O–H groups in total. The molecule has 0 aliphatic carbocycles. The Balaban J connectivity index is 1.33. The summed E-state index contributed by atoms with van der Waals surface area (Å²) in [5.74, 6) is -0.0218. The van der Waals surface area contributed by atoms with Crippen molar-refractivity contribution in [2.75, 3.05) is 24.6 Å². The number of halogens is 1. The number of amides is 1. The number of nitrogens with zero attached hydrogens (tertiary/aromatic N) is 6. The number of rotatable bonds is 5. The number of fused-ring (bicyclic) bond motifs is 1. The molecule has 1 fully saturated rings. The zero-order chi connectivity index (χ0) is 21.4. The highest BCUT2D eigenvalue weighted by Crippen LogP contribution is 2.28. The maximum Gasteiger partial charge on any atom is 0.272 e. The lowest BCUT2D eigenvalue weighted by molar-refractivity contribution is 0.0849. The van der Waals surface area contributed by atoms with Crippen LogP contribution in [-0.4, -0.2) is 60.4 Å². The predicted molar refractivity (Wildman–Crippen MR) is 111 cm³/mol. The van der Waals surface area contributed by atoms with Crippen molar-refractivity contribution in [3.8, 4) is 5.69 Å². The smallest absolute Gasteiger partial charge is 0.272 e. The van der Waals surface area contributed by atoms with Crippen LogP contribution >= 0.6 is 0 Å². The Labute approximate surface area is 176 Å². The van der Waals surface area contributed by atoms with E-state index in [4.69, 9.17) is 0 Å². The molecular formula is C21H20FN7O2. The van der Waals surface area contributed by atoms with Crippen LogP contribution in [0.1, 0.15) is 16.9 Å². The largest absolute Gasteiger partial charge is 0.394 e. The number of anilines is 1. The molecule has 0 radical (unpaired) electrons. The fourth-order valence-electron chi connectivity index (χ4n) is 3.87. The Morgan fingerprint density at radius 3 is 2.68 bits per heavy atom. The van der Waals surface area contributed by atoms with Crippen LogP contribution in [0.2, 0.25) is 0 Å². The number of aromatic nitrogens is 5. The van der Waals surface area contributed by atoms with E-state index in [9.17, 15) is 14.3 Å². The number of imidazole rings is 1. The molecule has 1 aliphatic heterocycles. The molecule has 31 heavy (non-hydrogen) atoms. The first-order chi connectivity index (χ1) is 15.1. The van der Waals surface area contributed by atoms with Gasteiger partial charge in [0.25, 0.3) is 5.91 Å². The van der Waals surface area contributed by atoms with Gasteiger partial charge in [0.1, 0.15) is 5.82 Å². The highest BCUT2D eigenvalue weighted by atomic mass is 19.1. The number of nitrogens with one attached hydrogen (secondary N) is 1. The minimum absolute atomic E-state index is 0.212. The number of aliphatic hydroxyl groups excluding tert-OH is 1. The average molecular weight is 421 g/mol. The van der Waals surface area contributed by atoms with Gasteiger partial charge in [-0.3, -0.25) is 4.79 Å². The van der Waals surface area contributed by atoms with Crippen LogP contribution < -0.4 is 10.2 Å². The third-order valence-corrected chi connectivity index (χ3v) is 5.54. The summed E-state index contributed by atoms with van der Waals surface area (Å²) in [7, 11) is 0. The van der Waals surface area contributed by atoms with Gasteiger partial charge in [-0.25, -0.2) is 19.0 Å². The lowest BCUT2D eigenvalue weighted by Gasteiger charge is -2.28. The second-order valence-electron chi connectivity index (χ2n) is 7.60. The first-order valence-electron chi connectivity index (χ1n) is 9.85. The van der Waals surface area contributed by atoms with Crippen molar-refractivity contribution in [2.45, 2.75) is 12.0 Å². The predicted octanol–water partition coefficient (Wildman–Crippen LogP) is 1.43. The summed E-state index contributed by atoms with van der Waals surface area (Å²) in [5.41, 5.74) is 0.755. The molecule has 1 amide bonds. The topological polar surface area (TPSA) is 101 Å². The molecule has 10 heteroatoms. The van der Waals surface area contributed by atoms with Gasteiger partial charge in [0, 0.05) is 44.1 Å². The van der Waals surface area contributed by atoms with E-state index >= 15 is 0 Å². The molecule has 1 unspecified atom stereocenters. The molecule has 1 saturated heterocycles. The summed E-state index contributed by atoms with van der Waals surface area (Å²) in [6, 6.07) is 7.41. The van der Waals surface area contributed by atoms with E-state index in [-0.39, 0.29) is 24.0 Å². The summed E-state index contributed by atoms with van der Waals surface area (Å²) in [6.45, 7) is 0.795. The Morgan fingerprint density at radius 2 is 1.90 bits per heavy atom. The van der Waals surface area contributed by atoms with E-state index < -0.39 is 5.54 Å². The van der Waals surface area contributed by atoms with Crippen molar-refractivity contribution in [1.29, 1.82) is 0 Å². The molecule has 1 atom stereocenters.